The summed E-state index contributed by atoms with van der Waals surface area (Å²) in [7, 11) is 0. The summed E-state index contributed by atoms with van der Waals surface area (Å²) in [5.74, 6) is 5.75. The van der Waals surface area contributed by atoms with E-state index >= 15 is 0 Å². The first-order chi connectivity index (χ1) is 9.79. The van der Waals surface area contributed by atoms with Gasteiger partial charge in [-0.3, -0.25) is 15.8 Å². The molecule has 0 saturated heterocycles. The standard InChI is InChI=1S/C16H16N4/c1-11-14(5-3-8-18-11)16(20-17)13-7-6-12-4-2-9-19-15(12)10-13/h2-10,16,20H,17H2,1H3. The number of hydrogen-bond donors (Lipinski definition) is 2. The van der Waals surface area contributed by atoms with E-state index in [1.165, 1.54) is 0 Å². The highest BCUT2D eigenvalue weighted by Crippen LogP contribution is 2.25. The Bertz CT molecular complexity index is 739. The van der Waals surface area contributed by atoms with E-state index in [1.807, 2.05) is 31.2 Å². The number of aromatic nitrogens is 2. The van der Waals surface area contributed by atoms with E-state index in [0.717, 1.165) is 27.7 Å². The topological polar surface area (TPSA) is 63.8 Å². The zero-order valence-electron chi connectivity index (χ0n) is 11.2. The van der Waals surface area contributed by atoms with Crippen molar-refractivity contribution in [2.45, 2.75) is 13.0 Å². The fraction of sp³-hybridized carbons (Fsp3) is 0.125. The molecule has 20 heavy (non-hydrogen) atoms. The van der Waals surface area contributed by atoms with Crippen molar-refractivity contribution in [3.05, 3.63) is 71.7 Å². The van der Waals surface area contributed by atoms with Gasteiger partial charge >= 0.3 is 0 Å². The SMILES string of the molecule is Cc1ncccc1C(NN)c1ccc2cccnc2c1. The first kappa shape index (κ1) is 12.7. The summed E-state index contributed by atoms with van der Waals surface area (Å²) in [6.45, 7) is 1.99. The van der Waals surface area contributed by atoms with Crippen molar-refractivity contribution in [3.63, 3.8) is 0 Å². The number of benzene rings is 1. The second-order valence-electron chi connectivity index (χ2n) is 4.73. The summed E-state index contributed by atoms with van der Waals surface area (Å²) in [5, 5.41) is 1.12. The molecule has 0 aliphatic heterocycles. The van der Waals surface area contributed by atoms with Crippen LogP contribution in [-0.2, 0) is 0 Å². The van der Waals surface area contributed by atoms with Crippen LogP contribution in [0.5, 0.6) is 0 Å². The molecule has 1 unspecified atom stereocenters. The maximum absolute atomic E-state index is 5.75. The van der Waals surface area contributed by atoms with Gasteiger partial charge in [0.25, 0.3) is 0 Å². The van der Waals surface area contributed by atoms with Crippen molar-refractivity contribution in [2.75, 3.05) is 0 Å². The van der Waals surface area contributed by atoms with Gasteiger partial charge in [0, 0.05) is 23.5 Å². The molecular formula is C16H16N4. The maximum atomic E-state index is 5.75. The average molecular weight is 264 g/mol. The molecule has 3 N–H and O–H groups in total. The highest BCUT2D eigenvalue weighted by molar-refractivity contribution is 5.79. The molecule has 0 fully saturated rings. The molecule has 1 aromatic carbocycles. The Morgan fingerprint density at radius 2 is 1.85 bits per heavy atom. The van der Waals surface area contributed by atoms with Crippen molar-refractivity contribution in [2.24, 2.45) is 5.84 Å². The smallest absolute Gasteiger partial charge is 0.0728 e. The third-order valence-electron chi connectivity index (χ3n) is 3.49. The number of hydrazine groups is 1. The number of nitrogens with zero attached hydrogens (tertiary/aromatic N) is 2. The number of rotatable bonds is 3. The second-order valence-corrected chi connectivity index (χ2v) is 4.73. The maximum Gasteiger partial charge on any atom is 0.0728 e. The molecule has 0 bridgehead atoms. The van der Waals surface area contributed by atoms with E-state index in [-0.39, 0.29) is 6.04 Å². The third kappa shape index (κ3) is 2.27. The fourth-order valence-corrected chi connectivity index (χ4v) is 2.43. The number of hydrogen-bond acceptors (Lipinski definition) is 4. The van der Waals surface area contributed by atoms with Crippen LogP contribution in [0, 0.1) is 6.92 Å². The Morgan fingerprint density at radius 3 is 2.65 bits per heavy atom. The van der Waals surface area contributed by atoms with Gasteiger partial charge < -0.3 is 0 Å². The quantitative estimate of drug-likeness (QED) is 0.563. The molecule has 0 radical (unpaired) electrons. The summed E-state index contributed by atoms with van der Waals surface area (Å²) < 4.78 is 0. The van der Waals surface area contributed by atoms with Crippen LogP contribution in [0.1, 0.15) is 22.9 Å². The Balaban J connectivity index is 2.10. The molecule has 100 valence electrons. The normalized spacial score (nSPS) is 12.5. The molecule has 0 aliphatic carbocycles. The Morgan fingerprint density at radius 1 is 1.05 bits per heavy atom. The van der Waals surface area contributed by atoms with Gasteiger partial charge in [0.15, 0.2) is 0 Å². The van der Waals surface area contributed by atoms with Gasteiger partial charge in [-0.1, -0.05) is 24.3 Å². The predicted octanol–water partition coefficient (Wildman–Crippen LogP) is 2.49. The van der Waals surface area contributed by atoms with Crippen LogP contribution in [0.2, 0.25) is 0 Å². The second kappa shape index (κ2) is 5.36. The van der Waals surface area contributed by atoms with Crippen molar-refractivity contribution in [3.8, 4) is 0 Å². The van der Waals surface area contributed by atoms with E-state index in [0.29, 0.717) is 0 Å². The molecule has 4 heteroatoms. The summed E-state index contributed by atoms with van der Waals surface area (Å²) in [5.41, 5.74) is 6.96. The molecule has 2 heterocycles. The molecule has 0 saturated carbocycles. The van der Waals surface area contributed by atoms with E-state index in [1.54, 1.807) is 12.4 Å². The molecule has 4 nitrogen and oxygen atoms in total. The average Bonchev–Trinajstić information content (AvgIpc) is 2.50. The first-order valence-corrected chi connectivity index (χ1v) is 6.52. The molecular weight excluding hydrogens is 248 g/mol. The summed E-state index contributed by atoms with van der Waals surface area (Å²) >= 11 is 0. The summed E-state index contributed by atoms with van der Waals surface area (Å²) in [6, 6.07) is 14.1. The lowest BCUT2D eigenvalue weighted by Gasteiger charge is -2.18. The van der Waals surface area contributed by atoms with Crippen LogP contribution in [-0.4, -0.2) is 9.97 Å². The number of aryl methyl sites for hydroxylation is 1. The highest BCUT2D eigenvalue weighted by atomic mass is 15.2. The van der Waals surface area contributed by atoms with Gasteiger partial charge in [0.1, 0.15) is 0 Å². The minimum atomic E-state index is -0.0879. The van der Waals surface area contributed by atoms with Gasteiger partial charge in [0.05, 0.1) is 11.6 Å². The summed E-state index contributed by atoms with van der Waals surface area (Å²) in [6.07, 6.45) is 3.58. The van der Waals surface area contributed by atoms with E-state index < -0.39 is 0 Å². The number of pyridine rings is 2. The minimum Gasteiger partial charge on any atom is -0.271 e. The largest absolute Gasteiger partial charge is 0.271 e. The van der Waals surface area contributed by atoms with Crippen LogP contribution >= 0.6 is 0 Å². The van der Waals surface area contributed by atoms with Gasteiger partial charge in [-0.15, -0.1) is 0 Å². The molecule has 0 amide bonds. The number of fused-ring (bicyclic) bond motifs is 1. The van der Waals surface area contributed by atoms with Gasteiger partial charge in [0.2, 0.25) is 0 Å². The fourth-order valence-electron chi connectivity index (χ4n) is 2.43. The van der Waals surface area contributed by atoms with Gasteiger partial charge in [-0.05, 0) is 36.2 Å². The van der Waals surface area contributed by atoms with Gasteiger partial charge in [-0.2, -0.15) is 0 Å². The lowest BCUT2D eigenvalue weighted by molar-refractivity contribution is 0.631. The van der Waals surface area contributed by atoms with Crippen molar-refractivity contribution in [1.82, 2.24) is 15.4 Å². The third-order valence-corrected chi connectivity index (χ3v) is 3.49. The number of nitrogens with two attached hydrogens (primary N) is 1. The molecule has 0 spiro atoms. The van der Waals surface area contributed by atoms with E-state index in [4.69, 9.17) is 5.84 Å². The van der Waals surface area contributed by atoms with Gasteiger partial charge in [-0.25, -0.2) is 5.43 Å². The van der Waals surface area contributed by atoms with Crippen LogP contribution in [0.15, 0.2) is 54.9 Å². The summed E-state index contributed by atoms with van der Waals surface area (Å²) in [4.78, 5) is 8.72. The first-order valence-electron chi connectivity index (χ1n) is 6.52. The van der Waals surface area contributed by atoms with Crippen LogP contribution in [0.25, 0.3) is 10.9 Å². The Kier molecular flexibility index (Phi) is 3.41. The van der Waals surface area contributed by atoms with E-state index in [9.17, 15) is 0 Å². The molecule has 2 aromatic heterocycles. The van der Waals surface area contributed by atoms with Crippen LogP contribution in [0.4, 0.5) is 0 Å². The molecule has 3 aromatic rings. The molecule has 1 atom stereocenters. The molecule has 3 rings (SSSR count). The zero-order valence-corrected chi connectivity index (χ0v) is 11.2. The highest BCUT2D eigenvalue weighted by Gasteiger charge is 2.15. The lowest BCUT2D eigenvalue weighted by atomic mass is 9.97. The lowest BCUT2D eigenvalue weighted by Crippen LogP contribution is -2.29. The van der Waals surface area contributed by atoms with Crippen molar-refractivity contribution >= 4 is 10.9 Å². The number of nitrogens with one attached hydrogen (secondary N) is 1. The van der Waals surface area contributed by atoms with Crippen molar-refractivity contribution in [1.29, 1.82) is 0 Å². The van der Waals surface area contributed by atoms with Crippen LogP contribution in [0.3, 0.4) is 0 Å². The minimum absolute atomic E-state index is 0.0879. The zero-order chi connectivity index (χ0) is 13.9. The monoisotopic (exact) mass is 264 g/mol. The Labute approximate surface area is 117 Å². The Hall–Kier alpha value is -2.30. The van der Waals surface area contributed by atoms with E-state index in [2.05, 4.69) is 33.6 Å². The van der Waals surface area contributed by atoms with Crippen molar-refractivity contribution < 1.29 is 0 Å². The predicted molar refractivity (Wildman–Crippen MR) is 79.9 cm³/mol. The van der Waals surface area contributed by atoms with Crippen LogP contribution < -0.4 is 11.3 Å². The molecule has 0 aliphatic rings.